The van der Waals surface area contributed by atoms with Crippen LogP contribution in [0, 0.1) is 0 Å². The van der Waals surface area contributed by atoms with E-state index in [1.54, 1.807) is 0 Å². The van der Waals surface area contributed by atoms with Gasteiger partial charge in [0.15, 0.2) is 0 Å². The standard InChI is InChI=1S/C9H11NO3S/c11-9(12)14-7-10-13-6-8-4-2-1-3-5-8/h1-5,10H,6-7H2,(H,11,12). The maximum Gasteiger partial charge on any atom is 0.366 e. The fourth-order valence-electron chi connectivity index (χ4n) is 0.841. The van der Waals surface area contributed by atoms with Crippen LogP contribution in [0.25, 0.3) is 0 Å². The molecule has 0 saturated heterocycles. The van der Waals surface area contributed by atoms with E-state index in [-0.39, 0.29) is 5.88 Å². The van der Waals surface area contributed by atoms with E-state index in [4.69, 9.17) is 9.94 Å². The van der Waals surface area contributed by atoms with Crippen LogP contribution in [0.15, 0.2) is 30.3 Å². The Labute approximate surface area is 86.2 Å². The predicted octanol–water partition coefficient (Wildman–Crippen LogP) is 2.08. The van der Waals surface area contributed by atoms with Crippen LogP contribution in [0.3, 0.4) is 0 Å². The highest BCUT2D eigenvalue weighted by molar-refractivity contribution is 8.13. The van der Waals surface area contributed by atoms with Gasteiger partial charge >= 0.3 is 5.30 Å². The van der Waals surface area contributed by atoms with Crippen molar-refractivity contribution in [3.05, 3.63) is 35.9 Å². The second-order valence-corrected chi connectivity index (χ2v) is 3.40. The number of hydroxylamine groups is 1. The van der Waals surface area contributed by atoms with E-state index < -0.39 is 5.30 Å². The van der Waals surface area contributed by atoms with Gasteiger partial charge in [-0.2, -0.15) is 5.48 Å². The Hall–Kier alpha value is -1.04. The molecule has 1 rings (SSSR count). The Morgan fingerprint density at radius 3 is 2.79 bits per heavy atom. The second-order valence-electron chi connectivity index (χ2n) is 2.47. The fraction of sp³-hybridized carbons (Fsp3) is 0.222. The van der Waals surface area contributed by atoms with Gasteiger partial charge in [0.1, 0.15) is 0 Å². The quantitative estimate of drug-likeness (QED) is 0.445. The average Bonchev–Trinajstić information content (AvgIpc) is 2.18. The van der Waals surface area contributed by atoms with Crippen molar-refractivity contribution in [1.29, 1.82) is 0 Å². The first kappa shape index (κ1) is 11.0. The van der Waals surface area contributed by atoms with Gasteiger partial charge in [-0.3, -0.25) is 4.84 Å². The third kappa shape index (κ3) is 4.86. The van der Waals surface area contributed by atoms with E-state index in [9.17, 15) is 4.79 Å². The van der Waals surface area contributed by atoms with Gasteiger partial charge in [0.05, 0.1) is 12.5 Å². The Balaban J connectivity index is 2.08. The highest BCUT2D eigenvalue weighted by atomic mass is 32.2. The van der Waals surface area contributed by atoms with Gasteiger partial charge in [-0.1, -0.05) is 30.3 Å². The number of thioether (sulfide) groups is 1. The van der Waals surface area contributed by atoms with Crippen LogP contribution in [-0.2, 0) is 11.4 Å². The Kier molecular flexibility index (Phi) is 5.06. The third-order valence-corrected chi connectivity index (χ3v) is 1.95. The first-order chi connectivity index (χ1) is 6.79. The molecule has 0 bridgehead atoms. The molecule has 76 valence electrons. The first-order valence-corrected chi connectivity index (χ1v) is 5.02. The van der Waals surface area contributed by atoms with Crippen molar-refractivity contribution in [2.45, 2.75) is 6.61 Å². The topological polar surface area (TPSA) is 58.6 Å². The lowest BCUT2D eigenvalue weighted by atomic mass is 10.2. The van der Waals surface area contributed by atoms with E-state index >= 15 is 0 Å². The van der Waals surface area contributed by atoms with Crippen molar-refractivity contribution >= 4 is 17.1 Å². The van der Waals surface area contributed by atoms with Crippen LogP contribution in [0.5, 0.6) is 0 Å². The zero-order valence-electron chi connectivity index (χ0n) is 7.47. The van der Waals surface area contributed by atoms with Crippen LogP contribution < -0.4 is 5.48 Å². The minimum Gasteiger partial charge on any atom is -0.473 e. The van der Waals surface area contributed by atoms with Crippen molar-refractivity contribution in [1.82, 2.24) is 5.48 Å². The van der Waals surface area contributed by atoms with E-state index in [2.05, 4.69) is 5.48 Å². The molecule has 0 amide bonds. The Morgan fingerprint density at radius 2 is 2.14 bits per heavy atom. The number of nitrogens with one attached hydrogen (secondary N) is 1. The fourth-order valence-corrected chi connectivity index (χ4v) is 1.11. The molecule has 0 aliphatic carbocycles. The number of hydrogen-bond donors (Lipinski definition) is 2. The summed E-state index contributed by atoms with van der Waals surface area (Å²) in [5.41, 5.74) is 3.59. The zero-order chi connectivity index (χ0) is 10.2. The lowest BCUT2D eigenvalue weighted by Gasteiger charge is -2.03. The van der Waals surface area contributed by atoms with E-state index in [0.29, 0.717) is 6.61 Å². The normalized spacial score (nSPS) is 10.0. The molecular formula is C9H11NO3S. The monoisotopic (exact) mass is 213 g/mol. The van der Waals surface area contributed by atoms with Crippen LogP contribution in [0.2, 0.25) is 0 Å². The number of hydrogen-bond acceptors (Lipinski definition) is 4. The summed E-state index contributed by atoms with van der Waals surface area (Å²) in [5, 5.41) is 7.38. The van der Waals surface area contributed by atoms with E-state index in [0.717, 1.165) is 17.3 Å². The summed E-state index contributed by atoms with van der Waals surface area (Å²) in [4.78, 5) is 15.1. The van der Waals surface area contributed by atoms with E-state index in [1.807, 2.05) is 30.3 Å². The van der Waals surface area contributed by atoms with Gasteiger partial charge in [-0.15, -0.1) is 0 Å². The van der Waals surface area contributed by atoms with Gasteiger partial charge in [0.25, 0.3) is 0 Å². The minimum atomic E-state index is -0.916. The summed E-state index contributed by atoms with van der Waals surface area (Å²) in [6.07, 6.45) is 0. The Morgan fingerprint density at radius 1 is 1.43 bits per heavy atom. The second kappa shape index (κ2) is 6.42. The molecule has 0 aliphatic heterocycles. The highest BCUT2D eigenvalue weighted by Gasteiger charge is 1.96. The molecule has 0 aromatic heterocycles. The Bertz CT molecular complexity index is 279. The maximum atomic E-state index is 10.1. The number of benzene rings is 1. The number of carbonyl (C=O) groups is 1. The third-order valence-electron chi connectivity index (χ3n) is 1.44. The summed E-state index contributed by atoms with van der Waals surface area (Å²) in [7, 11) is 0. The molecule has 0 aliphatic rings. The summed E-state index contributed by atoms with van der Waals surface area (Å²) < 4.78 is 0. The lowest BCUT2D eigenvalue weighted by molar-refractivity contribution is 0.0404. The summed E-state index contributed by atoms with van der Waals surface area (Å²) in [6.45, 7) is 0.432. The molecule has 5 heteroatoms. The lowest BCUT2D eigenvalue weighted by Crippen LogP contribution is -2.14. The molecule has 0 unspecified atom stereocenters. The zero-order valence-corrected chi connectivity index (χ0v) is 8.29. The summed E-state index contributed by atoms with van der Waals surface area (Å²) >= 11 is 0.747. The molecule has 14 heavy (non-hydrogen) atoms. The van der Waals surface area contributed by atoms with Crippen LogP contribution in [0.4, 0.5) is 4.79 Å². The minimum absolute atomic E-state index is 0.238. The smallest absolute Gasteiger partial charge is 0.366 e. The average molecular weight is 213 g/mol. The van der Waals surface area contributed by atoms with Gasteiger partial charge in [-0.25, -0.2) is 4.79 Å². The van der Waals surface area contributed by atoms with Crippen molar-refractivity contribution in [3.8, 4) is 0 Å². The molecule has 0 heterocycles. The van der Waals surface area contributed by atoms with Crippen LogP contribution >= 0.6 is 11.8 Å². The van der Waals surface area contributed by atoms with Gasteiger partial charge in [-0.05, 0) is 17.3 Å². The molecule has 0 atom stereocenters. The largest absolute Gasteiger partial charge is 0.473 e. The van der Waals surface area contributed by atoms with Crippen molar-refractivity contribution < 1.29 is 14.7 Å². The van der Waals surface area contributed by atoms with Crippen molar-refractivity contribution in [2.75, 3.05) is 5.88 Å². The number of carboxylic acid groups (broad SMARTS) is 1. The molecular weight excluding hydrogens is 202 g/mol. The first-order valence-electron chi connectivity index (χ1n) is 4.03. The summed E-state index contributed by atoms with van der Waals surface area (Å²) in [5.74, 6) is 0.238. The van der Waals surface area contributed by atoms with Gasteiger partial charge in [0, 0.05) is 0 Å². The molecule has 1 aromatic carbocycles. The molecule has 2 N–H and O–H groups in total. The molecule has 4 nitrogen and oxygen atoms in total. The molecule has 0 radical (unpaired) electrons. The highest BCUT2D eigenvalue weighted by Crippen LogP contribution is 2.00. The van der Waals surface area contributed by atoms with Crippen LogP contribution in [0.1, 0.15) is 5.56 Å². The van der Waals surface area contributed by atoms with Crippen LogP contribution in [-0.4, -0.2) is 16.3 Å². The SMILES string of the molecule is O=C(O)SCNOCc1ccccc1. The maximum absolute atomic E-state index is 10.1. The van der Waals surface area contributed by atoms with Gasteiger partial charge < -0.3 is 5.11 Å². The van der Waals surface area contributed by atoms with E-state index in [1.165, 1.54) is 0 Å². The van der Waals surface area contributed by atoms with Crippen molar-refractivity contribution in [2.24, 2.45) is 0 Å². The van der Waals surface area contributed by atoms with Crippen molar-refractivity contribution in [3.63, 3.8) is 0 Å². The van der Waals surface area contributed by atoms with Gasteiger partial charge in [0.2, 0.25) is 0 Å². The predicted molar refractivity (Wildman–Crippen MR) is 54.8 cm³/mol. The summed E-state index contributed by atoms with van der Waals surface area (Å²) in [6, 6.07) is 9.64. The number of rotatable bonds is 5. The molecule has 0 saturated carbocycles. The molecule has 0 fully saturated rings. The molecule has 1 aromatic rings. The molecule has 0 spiro atoms.